The van der Waals surface area contributed by atoms with Crippen LogP contribution < -0.4 is 16.0 Å². The maximum atomic E-state index is 12.1. The maximum Gasteiger partial charge on any atom is 0.279 e. The number of rotatable bonds is 3. The lowest BCUT2D eigenvalue weighted by molar-refractivity contribution is -0.718. The van der Waals surface area contributed by atoms with E-state index in [1.807, 2.05) is 0 Å². The number of fused-ring (bicyclic) bond motifs is 1. The lowest BCUT2D eigenvalue weighted by Gasteiger charge is -2.37. The minimum Gasteiger partial charge on any atom is -0.342 e. The molecular weight excluding hydrogens is 302 g/mol. The molecule has 1 saturated heterocycles. The van der Waals surface area contributed by atoms with Crippen molar-refractivity contribution in [3.63, 3.8) is 0 Å². The Balaban J connectivity index is 1.57. The van der Waals surface area contributed by atoms with Gasteiger partial charge in [-0.2, -0.15) is 0 Å². The predicted molar refractivity (Wildman–Crippen MR) is 84.6 cm³/mol. The topological polar surface area (TPSA) is 74.8 Å². The minimum atomic E-state index is -0.335. The zero-order valence-electron chi connectivity index (χ0n) is 12.3. The number of carbonyl (C=O) groups excluding carboxylic acids is 2. The number of amides is 2. The molecule has 1 saturated carbocycles. The van der Waals surface area contributed by atoms with Crippen LogP contribution in [0.25, 0.3) is 0 Å². The van der Waals surface area contributed by atoms with Gasteiger partial charge in [-0.1, -0.05) is 24.1 Å². The number of carbonyl (C=O) groups is 2. The number of benzene rings is 1. The van der Waals surface area contributed by atoms with Gasteiger partial charge in [0.2, 0.25) is 5.91 Å². The second-order valence-corrected chi connectivity index (χ2v) is 6.56. The number of hydrogen-bond acceptors (Lipinski definition) is 2. The minimum absolute atomic E-state index is 0.0237. The van der Waals surface area contributed by atoms with E-state index in [1.165, 1.54) is 12.8 Å². The Labute approximate surface area is 134 Å². The van der Waals surface area contributed by atoms with Crippen molar-refractivity contribution >= 4 is 29.1 Å². The van der Waals surface area contributed by atoms with Crippen LogP contribution in [0.15, 0.2) is 24.3 Å². The fourth-order valence-corrected chi connectivity index (χ4v) is 3.57. The summed E-state index contributed by atoms with van der Waals surface area (Å²) in [5, 5.41) is 8.53. The molecule has 0 bridgehead atoms. The van der Waals surface area contributed by atoms with E-state index in [0.717, 1.165) is 12.8 Å². The maximum absolute atomic E-state index is 12.1. The van der Waals surface area contributed by atoms with E-state index in [-0.39, 0.29) is 30.3 Å². The molecule has 3 atom stereocenters. The van der Waals surface area contributed by atoms with Gasteiger partial charge in [0.25, 0.3) is 5.91 Å². The van der Waals surface area contributed by atoms with Crippen molar-refractivity contribution in [1.29, 1.82) is 0 Å². The van der Waals surface area contributed by atoms with E-state index in [9.17, 15) is 9.59 Å². The molecule has 0 aromatic heterocycles. The summed E-state index contributed by atoms with van der Waals surface area (Å²) in [6.45, 7) is 0. The average molecular weight is 323 g/mol. The molecule has 118 valence electrons. The van der Waals surface area contributed by atoms with Crippen LogP contribution in [0.1, 0.15) is 32.1 Å². The van der Waals surface area contributed by atoms with E-state index in [1.54, 1.807) is 24.3 Å². The molecule has 2 aliphatic rings. The fraction of sp³-hybridized carbons (Fsp3) is 0.500. The molecule has 1 aliphatic carbocycles. The third-order valence-corrected chi connectivity index (χ3v) is 4.71. The van der Waals surface area contributed by atoms with Crippen molar-refractivity contribution in [2.24, 2.45) is 0 Å². The molecule has 2 fully saturated rings. The summed E-state index contributed by atoms with van der Waals surface area (Å²) in [6, 6.07) is 7.36. The van der Waals surface area contributed by atoms with E-state index in [0.29, 0.717) is 16.8 Å². The summed E-state index contributed by atoms with van der Waals surface area (Å²) in [5.74, 6) is -0.183. The molecule has 0 spiro atoms. The van der Waals surface area contributed by atoms with Crippen LogP contribution in [0.5, 0.6) is 0 Å². The highest BCUT2D eigenvalue weighted by Crippen LogP contribution is 2.19. The van der Waals surface area contributed by atoms with Gasteiger partial charge in [-0.25, -0.2) is 0 Å². The quantitative estimate of drug-likeness (QED) is 0.778. The summed E-state index contributed by atoms with van der Waals surface area (Å²) in [4.78, 5) is 24.3. The Hall–Kier alpha value is -1.59. The zero-order chi connectivity index (χ0) is 15.5. The Morgan fingerprint density at radius 3 is 3.00 bits per heavy atom. The second-order valence-electron chi connectivity index (χ2n) is 6.12. The van der Waals surface area contributed by atoms with Gasteiger partial charge in [-0.15, -0.1) is 0 Å². The molecule has 5 nitrogen and oxygen atoms in total. The third-order valence-electron chi connectivity index (χ3n) is 4.48. The van der Waals surface area contributed by atoms with Crippen molar-refractivity contribution in [2.75, 3.05) is 5.32 Å². The number of anilines is 1. The van der Waals surface area contributed by atoms with Gasteiger partial charge in [0.1, 0.15) is 6.04 Å². The van der Waals surface area contributed by atoms with E-state index in [2.05, 4.69) is 16.0 Å². The number of halogens is 1. The Kier molecular flexibility index (Phi) is 4.64. The van der Waals surface area contributed by atoms with Crippen LogP contribution in [-0.2, 0) is 9.59 Å². The first kappa shape index (κ1) is 15.3. The van der Waals surface area contributed by atoms with Gasteiger partial charge < -0.3 is 16.0 Å². The molecule has 1 heterocycles. The SMILES string of the molecule is O=C(C[C@H]1[NH2+][C@H]2CCCC[C@@H]2NC1=O)Nc1cccc(Cl)c1. The molecule has 0 unspecified atom stereocenters. The predicted octanol–water partition coefficient (Wildman–Crippen LogP) is 1.04. The Bertz CT molecular complexity index is 578. The van der Waals surface area contributed by atoms with Crippen LogP contribution in [0.2, 0.25) is 5.02 Å². The molecule has 1 aromatic carbocycles. The van der Waals surface area contributed by atoms with Gasteiger partial charge in [-0.3, -0.25) is 9.59 Å². The van der Waals surface area contributed by atoms with Crippen LogP contribution in [0.4, 0.5) is 5.69 Å². The van der Waals surface area contributed by atoms with Crippen LogP contribution in [0.3, 0.4) is 0 Å². The summed E-state index contributed by atoms with van der Waals surface area (Å²) >= 11 is 5.90. The highest BCUT2D eigenvalue weighted by Gasteiger charge is 2.40. The first-order valence-electron chi connectivity index (χ1n) is 7.82. The number of nitrogens with two attached hydrogens (primary N) is 1. The van der Waals surface area contributed by atoms with Gasteiger partial charge in [-0.05, 0) is 31.0 Å². The monoisotopic (exact) mass is 322 g/mol. The molecule has 3 rings (SSSR count). The second kappa shape index (κ2) is 6.67. The van der Waals surface area contributed by atoms with Crippen molar-refractivity contribution in [3.05, 3.63) is 29.3 Å². The summed E-state index contributed by atoms with van der Waals surface area (Å²) in [5.41, 5.74) is 0.657. The molecule has 1 aromatic rings. The molecule has 22 heavy (non-hydrogen) atoms. The lowest BCUT2D eigenvalue weighted by atomic mass is 9.87. The van der Waals surface area contributed by atoms with E-state index >= 15 is 0 Å². The number of hydrogen-bond donors (Lipinski definition) is 3. The molecule has 1 aliphatic heterocycles. The van der Waals surface area contributed by atoms with E-state index < -0.39 is 0 Å². The van der Waals surface area contributed by atoms with Gasteiger partial charge in [0.15, 0.2) is 6.04 Å². The summed E-state index contributed by atoms with van der Waals surface area (Å²) in [7, 11) is 0. The smallest absolute Gasteiger partial charge is 0.279 e. The number of nitrogens with one attached hydrogen (secondary N) is 2. The third kappa shape index (κ3) is 3.59. The molecule has 2 amide bonds. The zero-order valence-corrected chi connectivity index (χ0v) is 13.1. The van der Waals surface area contributed by atoms with Crippen molar-refractivity contribution in [3.8, 4) is 0 Å². The summed E-state index contributed by atoms with van der Waals surface area (Å²) < 4.78 is 0. The normalized spacial score (nSPS) is 27.7. The average Bonchev–Trinajstić information content (AvgIpc) is 2.48. The van der Waals surface area contributed by atoms with Gasteiger partial charge in [0, 0.05) is 17.1 Å². The highest BCUT2D eigenvalue weighted by molar-refractivity contribution is 6.30. The van der Waals surface area contributed by atoms with Crippen LogP contribution in [0, 0.1) is 0 Å². The standard InChI is InChI=1S/C16H20ClN3O2/c17-10-4-3-5-11(8-10)18-15(21)9-14-16(22)20-13-7-2-1-6-12(13)19-14/h3-5,8,12-14,19H,1-2,6-7,9H2,(H,18,21)(H,20,22)/p+1/t12-,13-,14+/m0/s1. The molecule has 4 N–H and O–H groups in total. The van der Waals surface area contributed by atoms with Crippen molar-refractivity contribution in [2.45, 2.75) is 50.2 Å². The van der Waals surface area contributed by atoms with Crippen LogP contribution in [-0.4, -0.2) is 29.9 Å². The van der Waals surface area contributed by atoms with Crippen molar-refractivity contribution in [1.82, 2.24) is 5.32 Å². The summed E-state index contributed by atoms with van der Waals surface area (Å²) in [6.07, 6.45) is 4.72. The largest absolute Gasteiger partial charge is 0.342 e. The molecule has 0 radical (unpaired) electrons. The Morgan fingerprint density at radius 1 is 1.36 bits per heavy atom. The fourth-order valence-electron chi connectivity index (χ4n) is 3.38. The highest BCUT2D eigenvalue weighted by atomic mass is 35.5. The van der Waals surface area contributed by atoms with Gasteiger partial charge in [0.05, 0.1) is 12.5 Å². The number of piperazine rings is 1. The first-order chi connectivity index (χ1) is 10.6. The lowest BCUT2D eigenvalue weighted by Crippen LogP contribution is -3.03. The Morgan fingerprint density at radius 2 is 2.18 bits per heavy atom. The van der Waals surface area contributed by atoms with E-state index in [4.69, 9.17) is 11.6 Å². The van der Waals surface area contributed by atoms with Gasteiger partial charge >= 0.3 is 0 Å². The number of quaternary nitrogens is 1. The molecule has 6 heteroatoms. The first-order valence-corrected chi connectivity index (χ1v) is 8.20. The van der Waals surface area contributed by atoms with Crippen LogP contribution >= 0.6 is 11.6 Å². The molecular formula is C16H21ClN3O2+. The van der Waals surface area contributed by atoms with Crippen molar-refractivity contribution < 1.29 is 14.9 Å².